The second kappa shape index (κ2) is 8.37. The molecule has 0 saturated carbocycles. The summed E-state index contributed by atoms with van der Waals surface area (Å²) in [5, 5.41) is 0. The largest absolute Gasteiger partial charge is 0.320 e. The van der Waals surface area contributed by atoms with E-state index in [1.165, 1.54) is 23.5 Å². The third-order valence-corrected chi connectivity index (χ3v) is 4.95. The number of rotatable bonds is 7. The summed E-state index contributed by atoms with van der Waals surface area (Å²) in [7, 11) is 0. The van der Waals surface area contributed by atoms with Crippen LogP contribution in [-0.2, 0) is 11.2 Å². The van der Waals surface area contributed by atoms with Crippen molar-refractivity contribution in [1.82, 2.24) is 4.98 Å². The SMILES string of the molecule is C=CCCN(C(=O)[C@@H](N)Cc1cc(F)cc(F)c1)c1ccc2scnc2c1. The van der Waals surface area contributed by atoms with E-state index in [0.29, 0.717) is 24.2 Å². The van der Waals surface area contributed by atoms with Crippen LogP contribution in [0.15, 0.2) is 54.6 Å². The summed E-state index contributed by atoms with van der Waals surface area (Å²) in [5.74, 6) is -1.71. The van der Waals surface area contributed by atoms with Crippen LogP contribution in [0.25, 0.3) is 10.2 Å². The van der Waals surface area contributed by atoms with E-state index >= 15 is 0 Å². The topological polar surface area (TPSA) is 59.2 Å². The highest BCUT2D eigenvalue weighted by atomic mass is 32.1. The molecule has 140 valence electrons. The van der Waals surface area contributed by atoms with Crippen LogP contribution in [0, 0.1) is 11.6 Å². The standard InChI is InChI=1S/C20H19F2N3OS/c1-2-3-6-25(16-4-5-19-18(11-16)24-12-27-19)20(26)17(23)9-13-7-14(21)10-15(22)8-13/h2,4-5,7-8,10-12,17H,1,3,6,9,23H2/t17-/m0/s1. The predicted molar refractivity (Wildman–Crippen MR) is 105 cm³/mol. The van der Waals surface area contributed by atoms with Gasteiger partial charge >= 0.3 is 0 Å². The van der Waals surface area contributed by atoms with Crippen molar-refractivity contribution in [2.45, 2.75) is 18.9 Å². The van der Waals surface area contributed by atoms with Crippen molar-refractivity contribution in [3.05, 3.63) is 71.8 Å². The Morgan fingerprint density at radius 1 is 1.26 bits per heavy atom. The Labute approximate surface area is 159 Å². The Hall–Kier alpha value is -2.64. The Balaban J connectivity index is 1.84. The van der Waals surface area contributed by atoms with Crippen molar-refractivity contribution in [2.24, 2.45) is 5.73 Å². The van der Waals surface area contributed by atoms with Gasteiger partial charge in [0.2, 0.25) is 5.91 Å². The molecule has 0 aliphatic heterocycles. The molecule has 0 radical (unpaired) electrons. The van der Waals surface area contributed by atoms with Gasteiger partial charge < -0.3 is 10.6 Å². The van der Waals surface area contributed by atoms with Gasteiger partial charge in [-0.25, -0.2) is 13.8 Å². The van der Waals surface area contributed by atoms with Crippen LogP contribution in [0.5, 0.6) is 0 Å². The monoisotopic (exact) mass is 387 g/mol. The number of nitrogens with zero attached hydrogens (tertiary/aromatic N) is 2. The number of hydrogen-bond donors (Lipinski definition) is 1. The Morgan fingerprint density at radius 2 is 2.00 bits per heavy atom. The maximum absolute atomic E-state index is 13.4. The first-order valence-corrected chi connectivity index (χ1v) is 9.32. The second-order valence-electron chi connectivity index (χ2n) is 6.16. The van der Waals surface area contributed by atoms with E-state index in [4.69, 9.17) is 5.73 Å². The number of halogens is 2. The zero-order valence-corrected chi connectivity index (χ0v) is 15.4. The van der Waals surface area contributed by atoms with Gasteiger partial charge in [-0.3, -0.25) is 4.79 Å². The molecular weight excluding hydrogens is 368 g/mol. The van der Waals surface area contributed by atoms with Gasteiger partial charge in [0.25, 0.3) is 0 Å². The number of carbonyl (C=O) groups is 1. The fourth-order valence-corrected chi connectivity index (χ4v) is 3.53. The highest BCUT2D eigenvalue weighted by Crippen LogP contribution is 2.25. The molecule has 4 nitrogen and oxygen atoms in total. The molecule has 0 unspecified atom stereocenters. The Morgan fingerprint density at radius 3 is 2.70 bits per heavy atom. The van der Waals surface area contributed by atoms with E-state index in [1.807, 2.05) is 18.2 Å². The normalized spacial score (nSPS) is 12.1. The lowest BCUT2D eigenvalue weighted by Crippen LogP contribution is -2.45. The minimum Gasteiger partial charge on any atom is -0.320 e. The van der Waals surface area contributed by atoms with Crippen molar-refractivity contribution >= 4 is 33.1 Å². The first kappa shape index (κ1) is 19.1. The van der Waals surface area contributed by atoms with Crippen LogP contribution in [0.1, 0.15) is 12.0 Å². The highest BCUT2D eigenvalue weighted by molar-refractivity contribution is 7.16. The van der Waals surface area contributed by atoms with E-state index in [0.717, 1.165) is 16.3 Å². The number of nitrogens with two attached hydrogens (primary N) is 1. The molecule has 1 atom stereocenters. The lowest BCUT2D eigenvalue weighted by molar-refractivity contribution is -0.119. The summed E-state index contributed by atoms with van der Waals surface area (Å²) >= 11 is 1.52. The third-order valence-electron chi connectivity index (χ3n) is 4.14. The van der Waals surface area contributed by atoms with Gasteiger partial charge in [0.1, 0.15) is 11.6 Å². The first-order chi connectivity index (χ1) is 13.0. The van der Waals surface area contributed by atoms with Gasteiger partial charge in [0.05, 0.1) is 21.8 Å². The number of anilines is 1. The maximum Gasteiger partial charge on any atom is 0.244 e. The second-order valence-corrected chi connectivity index (χ2v) is 7.05. The van der Waals surface area contributed by atoms with Gasteiger partial charge in [-0.2, -0.15) is 0 Å². The summed E-state index contributed by atoms with van der Waals surface area (Å²) in [6.45, 7) is 4.10. The van der Waals surface area contributed by atoms with Crippen LogP contribution in [0.3, 0.4) is 0 Å². The number of aromatic nitrogens is 1. The number of hydrogen-bond acceptors (Lipinski definition) is 4. The zero-order chi connectivity index (χ0) is 19.4. The van der Waals surface area contributed by atoms with Crippen LogP contribution in [0.4, 0.5) is 14.5 Å². The predicted octanol–water partition coefficient (Wildman–Crippen LogP) is 4.05. The molecule has 0 aliphatic carbocycles. The van der Waals surface area contributed by atoms with Crippen molar-refractivity contribution in [3.8, 4) is 0 Å². The summed E-state index contributed by atoms with van der Waals surface area (Å²) in [5.41, 5.74) is 9.64. The smallest absolute Gasteiger partial charge is 0.244 e. The molecule has 3 rings (SSSR count). The van der Waals surface area contributed by atoms with Gasteiger partial charge in [0.15, 0.2) is 0 Å². The minimum atomic E-state index is -0.929. The Kier molecular flexibility index (Phi) is 5.93. The molecule has 2 N–H and O–H groups in total. The molecule has 1 aromatic heterocycles. The van der Waals surface area contributed by atoms with Crippen molar-refractivity contribution in [1.29, 1.82) is 0 Å². The third kappa shape index (κ3) is 4.56. The summed E-state index contributed by atoms with van der Waals surface area (Å²) in [4.78, 5) is 18.8. The lowest BCUT2D eigenvalue weighted by atomic mass is 10.0. The van der Waals surface area contributed by atoms with Crippen molar-refractivity contribution in [3.63, 3.8) is 0 Å². The summed E-state index contributed by atoms with van der Waals surface area (Å²) in [6, 6.07) is 7.82. The highest BCUT2D eigenvalue weighted by Gasteiger charge is 2.23. The number of amides is 1. The van der Waals surface area contributed by atoms with Crippen LogP contribution >= 0.6 is 11.3 Å². The molecular formula is C20H19F2N3OS. The van der Waals surface area contributed by atoms with Gasteiger partial charge in [-0.05, 0) is 48.7 Å². The van der Waals surface area contributed by atoms with Gasteiger partial charge in [0, 0.05) is 18.3 Å². The molecule has 27 heavy (non-hydrogen) atoms. The summed E-state index contributed by atoms with van der Waals surface area (Å²) < 4.78 is 27.8. The average molecular weight is 387 g/mol. The molecule has 3 aromatic rings. The fourth-order valence-electron chi connectivity index (χ4n) is 2.87. The molecule has 2 aromatic carbocycles. The van der Waals surface area contributed by atoms with Crippen LogP contribution in [0.2, 0.25) is 0 Å². The van der Waals surface area contributed by atoms with E-state index < -0.39 is 17.7 Å². The first-order valence-electron chi connectivity index (χ1n) is 8.44. The van der Waals surface area contributed by atoms with Gasteiger partial charge in [-0.1, -0.05) is 6.08 Å². The minimum absolute atomic E-state index is 0.0387. The van der Waals surface area contributed by atoms with Gasteiger partial charge in [-0.15, -0.1) is 17.9 Å². The number of benzene rings is 2. The maximum atomic E-state index is 13.4. The quantitative estimate of drug-likeness (QED) is 0.622. The summed E-state index contributed by atoms with van der Waals surface area (Å²) in [6.07, 6.45) is 2.34. The number of carbonyl (C=O) groups excluding carboxylic acids is 1. The van der Waals surface area contributed by atoms with E-state index in [1.54, 1.807) is 16.5 Å². The molecule has 1 amide bonds. The molecule has 1 heterocycles. The van der Waals surface area contributed by atoms with Crippen molar-refractivity contribution < 1.29 is 13.6 Å². The average Bonchev–Trinajstić information content (AvgIpc) is 3.08. The lowest BCUT2D eigenvalue weighted by Gasteiger charge is -2.25. The molecule has 0 aliphatic rings. The van der Waals surface area contributed by atoms with E-state index in [-0.39, 0.29) is 12.3 Å². The molecule has 7 heteroatoms. The zero-order valence-electron chi connectivity index (χ0n) is 14.6. The molecule has 0 spiro atoms. The van der Waals surface area contributed by atoms with Crippen molar-refractivity contribution in [2.75, 3.05) is 11.4 Å². The molecule has 0 fully saturated rings. The molecule has 0 saturated heterocycles. The molecule has 0 bridgehead atoms. The Bertz CT molecular complexity index is 953. The van der Waals surface area contributed by atoms with Crippen LogP contribution < -0.4 is 10.6 Å². The van der Waals surface area contributed by atoms with E-state index in [9.17, 15) is 13.6 Å². The number of thiazole rings is 1. The van der Waals surface area contributed by atoms with Crippen LogP contribution in [-0.4, -0.2) is 23.5 Å². The van der Waals surface area contributed by atoms with E-state index in [2.05, 4.69) is 11.6 Å². The fraction of sp³-hybridized carbons (Fsp3) is 0.200. The number of fused-ring (bicyclic) bond motifs is 1.